The van der Waals surface area contributed by atoms with E-state index in [2.05, 4.69) is 15.3 Å². The first-order valence-corrected chi connectivity index (χ1v) is 8.28. The Hall–Kier alpha value is -1.73. The Kier molecular flexibility index (Phi) is 4.26. The van der Waals surface area contributed by atoms with E-state index in [1.165, 1.54) is 11.3 Å². The summed E-state index contributed by atoms with van der Waals surface area (Å²) in [5.74, 6) is 0.839. The van der Waals surface area contributed by atoms with E-state index in [0.717, 1.165) is 46.0 Å². The third-order valence-corrected chi connectivity index (χ3v) is 5.23. The Morgan fingerprint density at radius 1 is 1.55 bits per heavy atom. The van der Waals surface area contributed by atoms with Gasteiger partial charge in [0.15, 0.2) is 0 Å². The first kappa shape index (κ1) is 15.2. The van der Waals surface area contributed by atoms with Gasteiger partial charge in [0.2, 0.25) is 0 Å². The van der Waals surface area contributed by atoms with E-state index in [4.69, 9.17) is 4.74 Å². The fraction of sp³-hybridized carbons (Fsp3) is 0.533. The van der Waals surface area contributed by atoms with Crippen molar-refractivity contribution in [2.24, 2.45) is 0 Å². The molecule has 2 aromatic heterocycles. The molecule has 1 unspecified atom stereocenters. The lowest BCUT2D eigenvalue weighted by Crippen LogP contribution is -2.37. The van der Waals surface area contributed by atoms with Gasteiger partial charge in [-0.15, -0.1) is 11.3 Å². The van der Waals surface area contributed by atoms with Crippen LogP contribution in [0.5, 0.6) is 0 Å². The molecule has 1 fully saturated rings. The number of amides is 1. The Bertz CT molecular complexity index is 694. The van der Waals surface area contributed by atoms with Crippen LogP contribution >= 0.6 is 11.3 Å². The second-order valence-corrected chi connectivity index (χ2v) is 6.42. The average molecular weight is 320 g/mol. The highest BCUT2D eigenvalue weighted by Gasteiger charge is 2.28. The Morgan fingerprint density at radius 3 is 3.05 bits per heavy atom. The van der Waals surface area contributed by atoms with E-state index in [1.807, 2.05) is 20.9 Å². The van der Waals surface area contributed by atoms with Gasteiger partial charge in [0.05, 0.1) is 22.9 Å². The van der Waals surface area contributed by atoms with Gasteiger partial charge in [-0.05, 0) is 25.8 Å². The number of hydrogen-bond donors (Lipinski definition) is 1. The van der Waals surface area contributed by atoms with Crippen LogP contribution in [-0.2, 0) is 4.74 Å². The summed E-state index contributed by atoms with van der Waals surface area (Å²) in [6.07, 6.45) is 2.44. The van der Waals surface area contributed by atoms with Gasteiger partial charge in [0.1, 0.15) is 17.0 Å². The minimum Gasteiger partial charge on any atom is -0.379 e. The summed E-state index contributed by atoms with van der Waals surface area (Å²) < 4.78 is 5.38. The molecule has 7 heteroatoms. The topological polar surface area (TPSA) is 67.4 Å². The highest BCUT2D eigenvalue weighted by Crippen LogP contribution is 2.34. The number of fused-ring (bicyclic) bond motifs is 1. The van der Waals surface area contributed by atoms with Crippen LogP contribution in [-0.4, -0.2) is 53.6 Å². The molecular formula is C15H20N4O2S. The molecule has 0 saturated carbocycles. The largest absolute Gasteiger partial charge is 0.379 e. The van der Waals surface area contributed by atoms with Crippen LogP contribution in [0.4, 0.5) is 5.82 Å². The minimum absolute atomic E-state index is 0.0402. The molecule has 22 heavy (non-hydrogen) atoms. The average Bonchev–Trinajstić information content (AvgIpc) is 3.15. The highest BCUT2D eigenvalue weighted by atomic mass is 32.1. The SMILES string of the molecule is CCNc1ncnc2sc(C(=O)N(C)C3CCOC3)c(C)c12. The Balaban J connectivity index is 1.98. The van der Waals surface area contributed by atoms with E-state index >= 15 is 0 Å². The van der Waals surface area contributed by atoms with E-state index in [9.17, 15) is 4.79 Å². The minimum atomic E-state index is 0.0402. The highest BCUT2D eigenvalue weighted by molar-refractivity contribution is 7.20. The van der Waals surface area contributed by atoms with Crippen LogP contribution in [0.1, 0.15) is 28.6 Å². The molecule has 1 saturated heterocycles. The maximum absolute atomic E-state index is 12.8. The normalized spacial score (nSPS) is 17.9. The van der Waals surface area contributed by atoms with Crippen molar-refractivity contribution in [1.82, 2.24) is 14.9 Å². The summed E-state index contributed by atoms with van der Waals surface area (Å²) in [5.41, 5.74) is 0.951. The van der Waals surface area contributed by atoms with E-state index in [0.29, 0.717) is 6.61 Å². The van der Waals surface area contributed by atoms with Crippen LogP contribution in [0.15, 0.2) is 6.33 Å². The van der Waals surface area contributed by atoms with Gasteiger partial charge in [-0.1, -0.05) is 0 Å². The summed E-state index contributed by atoms with van der Waals surface area (Å²) in [6, 6.07) is 0.163. The third kappa shape index (κ3) is 2.55. The molecular weight excluding hydrogens is 300 g/mol. The smallest absolute Gasteiger partial charge is 0.264 e. The second kappa shape index (κ2) is 6.18. The lowest BCUT2D eigenvalue weighted by atomic mass is 10.1. The number of rotatable bonds is 4. The second-order valence-electron chi connectivity index (χ2n) is 5.42. The van der Waals surface area contributed by atoms with Crippen LogP contribution in [0.25, 0.3) is 10.2 Å². The van der Waals surface area contributed by atoms with Crippen molar-refractivity contribution >= 4 is 33.3 Å². The van der Waals surface area contributed by atoms with Gasteiger partial charge in [-0.25, -0.2) is 9.97 Å². The van der Waals surface area contributed by atoms with Gasteiger partial charge in [0, 0.05) is 20.2 Å². The van der Waals surface area contributed by atoms with Crippen LogP contribution in [0.2, 0.25) is 0 Å². The number of thiophene rings is 1. The molecule has 3 rings (SSSR count). The fourth-order valence-corrected chi connectivity index (χ4v) is 3.86. The van der Waals surface area contributed by atoms with Crippen molar-refractivity contribution in [1.29, 1.82) is 0 Å². The number of aromatic nitrogens is 2. The molecule has 1 amide bonds. The van der Waals surface area contributed by atoms with Gasteiger partial charge in [-0.3, -0.25) is 4.79 Å². The molecule has 6 nitrogen and oxygen atoms in total. The summed E-state index contributed by atoms with van der Waals surface area (Å²) in [7, 11) is 1.85. The number of aryl methyl sites for hydroxylation is 1. The quantitative estimate of drug-likeness (QED) is 0.936. The zero-order valence-electron chi connectivity index (χ0n) is 13.0. The number of nitrogens with zero attached hydrogens (tertiary/aromatic N) is 3. The predicted octanol–water partition coefficient (Wildman–Crippen LogP) is 2.29. The van der Waals surface area contributed by atoms with Gasteiger partial charge >= 0.3 is 0 Å². The predicted molar refractivity (Wildman–Crippen MR) is 87.6 cm³/mol. The molecule has 1 aliphatic rings. The number of anilines is 1. The zero-order chi connectivity index (χ0) is 15.7. The molecule has 0 spiro atoms. The van der Waals surface area contributed by atoms with E-state index in [1.54, 1.807) is 11.2 Å². The van der Waals surface area contributed by atoms with Crippen molar-refractivity contribution in [3.63, 3.8) is 0 Å². The van der Waals surface area contributed by atoms with E-state index < -0.39 is 0 Å². The van der Waals surface area contributed by atoms with Gasteiger partial charge in [-0.2, -0.15) is 0 Å². The zero-order valence-corrected chi connectivity index (χ0v) is 13.9. The molecule has 0 bridgehead atoms. The summed E-state index contributed by atoms with van der Waals surface area (Å²) >= 11 is 1.44. The standard InChI is InChI=1S/C15H20N4O2S/c1-4-16-13-11-9(2)12(22-14(11)18-8-17-13)15(20)19(3)10-5-6-21-7-10/h8,10H,4-7H2,1-3H3,(H,16,17,18). The molecule has 0 aromatic carbocycles. The lowest BCUT2D eigenvalue weighted by molar-refractivity contribution is 0.0715. The van der Waals surface area contributed by atoms with Crippen LogP contribution in [0.3, 0.4) is 0 Å². The summed E-state index contributed by atoms with van der Waals surface area (Å²) in [5, 5.41) is 4.19. The summed E-state index contributed by atoms with van der Waals surface area (Å²) in [6.45, 7) is 6.12. The van der Waals surface area contributed by atoms with Crippen molar-refractivity contribution in [2.45, 2.75) is 26.3 Å². The number of likely N-dealkylation sites (N-methyl/N-ethyl adjacent to an activating group) is 1. The lowest BCUT2D eigenvalue weighted by Gasteiger charge is -2.22. The van der Waals surface area contributed by atoms with Crippen LogP contribution in [0, 0.1) is 6.92 Å². The first-order valence-electron chi connectivity index (χ1n) is 7.46. The number of carbonyl (C=O) groups is 1. The molecule has 0 radical (unpaired) electrons. The number of hydrogen-bond acceptors (Lipinski definition) is 6. The van der Waals surface area contributed by atoms with Crippen molar-refractivity contribution in [2.75, 3.05) is 32.1 Å². The van der Waals surface area contributed by atoms with Crippen molar-refractivity contribution in [3.8, 4) is 0 Å². The molecule has 118 valence electrons. The molecule has 0 aliphatic carbocycles. The van der Waals surface area contributed by atoms with E-state index in [-0.39, 0.29) is 11.9 Å². The molecule has 1 aliphatic heterocycles. The van der Waals surface area contributed by atoms with Gasteiger partial charge in [0.25, 0.3) is 5.91 Å². The molecule has 1 atom stereocenters. The number of ether oxygens (including phenoxy) is 1. The molecule has 3 heterocycles. The maximum Gasteiger partial charge on any atom is 0.264 e. The molecule has 1 N–H and O–H groups in total. The Labute approximate surface area is 133 Å². The van der Waals surface area contributed by atoms with Crippen molar-refractivity contribution < 1.29 is 9.53 Å². The fourth-order valence-electron chi connectivity index (χ4n) is 2.73. The van der Waals surface area contributed by atoms with Crippen LogP contribution < -0.4 is 5.32 Å². The number of nitrogens with one attached hydrogen (secondary N) is 1. The Morgan fingerprint density at radius 2 is 2.36 bits per heavy atom. The van der Waals surface area contributed by atoms with Crippen molar-refractivity contribution in [3.05, 3.63) is 16.8 Å². The first-order chi connectivity index (χ1) is 10.6. The van der Waals surface area contributed by atoms with Gasteiger partial charge < -0.3 is 15.0 Å². The number of carbonyl (C=O) groups excluding carboxylic acids is 1. The monoisotopic (exact) mass is 320 g/mol. The third-order valence-electron chi connectivity index (χ3n) is 4.04. The molecule has 2 aromatic rings. The maximum atomic E-state index is 12.8. The summed E-state index contributed by atoms with van der Waals surface area (Å²) in [4.78, 5) is 24.8.